The highest BCUT2D eigenvalue weighted by Crippen LogP contribution is 2.28. The fourth-order valence-corrected chi connectivity index (χ4v) is 3.45. The van der Waals surface area contributed by atoms with Crippen LogP contribution in [0.4, 0.5) is 0 Å². The van der Waals surface area contributed by atoms with Gasteiger partial charge in [-0.3, -0.25) is 0 Å². The monoisotopic (exact) mass is 288 g/mol. The number of hydrogen-bond acceptors (Lipinski definition) is 4. The predicted molar refractivity (Wildman–Crippen MR) is 83.1 cm³/mol. The minimum absolute atomic E-state index is 0.634. The molecule has 1 aromatic carbocycles. The number of rotatable bonds is 5. The zero-order valence-corrected chi connectivity index (χ0v) is 12.5. The van der Waals surface area contributed by atoms with Crippen LogP contribution >= 0.6 is 11.8 Å². The van der Waals surface area contributed by atoms with Gasteiger partial charge in [0.05, 0.1) is 17.6 Å². The highest BCUT2D eigenvalue weighted by Gasteiger charge is 2.23. The van der Waals surface area contributed by atoms with Crippen molar-refractivity contribution in [2.45, 2.75) is 37.1 Å². The zero-order valence-electron chi connectivity index (χ0n) is 11.7. The smallest absolute Gasteiger partial charge is 0.0969 e. The van der Waals surface area contributed by atoms with E-state index < -0.39 is 0 Å². The van der Waals surface area contributed by atoms with Crippen molar-refractivity contribution in [3.05, 3.63) is 42.2 Å². The zero-order chi connectivity index (χ0) is 13.8. The second-order valence-electron chi connectivity index (χ2n) is 5.21. The van der Waals surface area contributed by atoms with Gasteiger partial charge in [0.1, 0.15) is 0 Å². The largest absolute Gasteiger partial charge is 0.308 e. The average Bonchev–Trinajstić information content (AvgIpc) is 3.15. The van der Waals surface area contributed by atoms with Gasteiger partial charge in [-0.25, -0.2) is 0 Å². The van der Waals surface area contributed by atoms with Crippen molar-refractivity contribution in [1.82, 2.24) is 20.3 Å². The molecule has 0 amide bonds. The van der Waals surface area contributed by atoms with Gasteiger partial charge >= 0.3 is 0 Å². The van der Waals surface area contributed by atoms with Crippen molar-refractivity contribution < 1.29 is 0 Å². The van der Waals surface area contributed by atoms with Crippen LogP contribution in [0.15, 0.2) is 36.5 Å². The van der Waals surface area contributed by atoms with Crippen LogP contribution in [0.1, 0.15) is 25.0 Å². The molecular formula is C15H20N4S. The summed E-state index contributed by atoms with van der Waals surface area (Å²) in [6, 6.07) is 10.6. The Kier molecular flexibility index (Phi) is 4.38. The van der Waals surface area contributed by atoms with E-state index in [1.54, 1.807) is 4.80 Å². The van der Waals surface area contributed by atoms with Crippen LogP contribution < -0.4 is 5.32 Å². The van der Waals surface area contributed by atoms with Crippen LogP contribution in [0.2, 0.25) is 0 Å². The second-order valence-corrected chi connectivity index (χ2v) is 6.35. The van der Waals surface area contributed by atoms with Crippen molar-refractivity contribution in [1.29, 1.82) is 0 Å². The van der Waals surface area contributed by atoms with E-state index in [0.717, 1.165) is 23.2 Å². The molecule has 1 saturated carbocycles. The van der Waals surface area contributed by atoms with Gasteiger partial charge in [0, 0.05) is 17.8 Å². The molecule has 4 nitrogen and oxygen atoms in total. The molecule has 2 aromatic rings. The third-order valence-corrected chi connectivity index (χ3v) is 4.91. The van der Waals surface area contributed by atoms with Crippen molar-refractivity contribution in [3.8, 4) is 5.69 Å². The van der Waals surface area contributed by atoms with E-state index in [4.69, 9.17) is 0 Å². The SMILES string of the molecule is CSC1CCC(NCc2cnn(-c3ccccc3)n2)C1. The Hall–Kier alpha value is -1.33. The summed E-state index contributed by atoms with van der Waals surface area (Å²) in [5, 5.41) is 13.3. The van der Waals surface area contributed by atoms with Crippen LogP contribution in [0.25, 0.3) is 5.69 Å². The first-order valence-electron chi connectivity index (χ1n) is 7.08. The van der Waals surface area contributed by atoms with Gasteiger partial charge in [-0.15, -0.1) is 0 Å². The lowest BCUT2D eigenvalue weighted by molar-refractivity contribution is 0.518. The molecule has 1 N–H and O–H groups in total. The molecule has 3 rings (SSSR count). The Morgan fingerprint density at radius 1 is 1.30 bits per heavy atom. The molecule has 20 heavy (non-hydrogen) atoms. The van der Waals surface area contributed by atoms with E-state index in [2.05, 4.69) is 21.8 Å². The molecule has 0 spiro atoms. The molecule has 0 aliphatic heterocycles. The third kappa shape index (κ3) is 3.22. The third-order valence-electron chi connectivity index (χ3n) is 3.82. The number of aromatic nitrogens is 3. The summed E-state index contributed by atoms with van der Waals surface area (Å²) in [5.41, 5.74) is 2.00. The molecule has 0 bridgehead atoms. The minimum Gasteiger partial charge on any atom is -0.308 e. The van der Waals surface area contributed by atoms with Crippen LogP contribution in [-0.2, 0) is 6.54 Å². The maximum Gasteiger partial charge on any atom is 0.0969 e. The van der Waals surface area contributed by atoms with Crippen molar-refractivity contribution >= 4 is 11.8 Å². The molecule has 1 fully saturated rings. The van der Waals surface area contributed by atoms with Crippen LogP contribution in [0, 0.1) is 0 Å². The molecule has 2 atom stereocenters. The summed E-state index contributed by atoms with van der Waals surface area (Å²) in [6.07, 6.45) is 7.93. The van der Waals surface area contributed by atoms with E-state index in [1.807, 2.05) is 48.3 Å². The van der Waals surface area contributed by atoms with E-state index >= 15 is 0 Å². The Balaban J connectivity index is 1.56. The number of hydrogen-bond donors (Lipinski definition) is 1. The number of para-hydroxylation sites is 1. The normalized spacial score (nSPS) is 22.2. The standard InChI is InChI=1S/C15H20N4S/c1-20-15-8-7-12(9-15)16-10-13-11-17-19(18-13)14-5-3-2-4-6-14/h2-6,11-12,15-16H,7-10H2,1H3. The average molecular weight is 288 g/mol. The van der Waals surface area contributed by atoms with Crippen molar-refractivity contribution in [2.75, 3.05) is 6.26 Å². The molecule has 1 aromatic heterocycles. The van der Waals surface area contributed by atoms with Gasteiger partial charge < -0.3 is 5.32 Å². The highest BCUT2D eigenvalue weighted by molar-refractivity contribution is 7.99. The molecule has 1 aliphatic rings. The first-order chi connectivity index (χ1) is 9.85. The Morgan fingerprint density at radius 3 is 2.90 bits per heavy atom. The number of thioether (sulfide) groups is 1. The first kappa shape index (κ1) is 13.6. The van der Waals surface area contributed by atoms with Gasteiger partial charge in [-0.05, 0) is 37.7 Å². The predicted octanol–water partition coefficient (Wildman–Crippen LogP) is 2.64. The topological polar surface area (TPSA) is 42.7 Å². The van der Waals surface area contributed by atoms with Gasteiger partial charge in [0.15, 0.2) is 0 Å². The summed E-state index contributed by atoms with van der Waals surface area (Å²) in [7, 11) is 0. The minimum atomic E-state index is 0.634. The van der Waals surface area contributed by atoms with E-state index in [1.165, 1.54) is 19.3 Å². The summed E-state index contributed by atoms with van der Waals surface area (Å²) in [5.74, 6) is 0. The summed E-state index contributed by atoms with van der Waals surface area (Å²) in [6.45, 7) is 0.804. The molecule has 106 valence electrons. The number of nitrogens with zero attached hydrogens (tertiary/aromatic N) is 3. The van der Waals surface area contributed by atoms with Crippen molar-refractivity contribution in [3.63, 3.8) is 0 Å². The second kappa shape index (κ2) is 6.41. The maximum absolute atomic E-state index is 4.52. The quantitative estimate of drug-likeness (QED) is 0.918. The molecule has 2 unspecified atom stereocenters. The first-order valence-corrected chi connectivity index (χ1v) is 8.37. The van der Waals surface area contributed by atoms with E-state index in [0.29, 0.717) is 6.04 Å². The fourth-order valence-electron chi connectivity index (χ4n) is 2.65. The Morgan fingerprint density at radius 2 is 2.15 bits per heavy atom. The molecule has 0 radical (unpaired) electrons. The highest BCUT2D eigenvalue weighted by atomic mass is 32.2. The summed E-state index contributed by atoms with van der Waals surface area (Å²) >= 11 is 1.99. The summed E-state index contributed by atoms with van der Waals surface area (Å²) in [4.78, 5) is 1.69. The van der Waals surface area contributed by atoms with Crippen LogP contribution in [0.5, 0.6) is 0 Å². The van der Waals surface area contributed by atoms with E-state index in [9.17, 15) is 0 Å². The van der Waals surface area contributed by atoms with Gasteiger partial charge in [-0.2, -0.15) is 26.8 Å². The molecule has 5 heteroatoms. The molecule has 1 heterocycles. The summed E-state index contributed by atoms with van der Waals surface area (Å²) < 4.78 is 0. The number of nitrogens with one attached hydrogen (secondary N) is 1. The van der Waals surface area contributed by atoms with Crippen LogP contribution in [0.3, 0.4) is 0 Å². The molecular weight excluding hydrogens is 268 g/mol. The number of benzene rings is 1. The molecule has 0 saturated heterocycles. The fraction of sp³-hybridized carbons (Fsp3) is 0.467. The van der Waals surface area contributed by atoms with Gasteiger partial charge in [0.25, 0.3) is 0 Å². The van der Waals surface area contributed by atoms with Gasteiger partial charge in [0.2, 0.25) is 0 Å². The van der Waals surface area contributed by atoms with Crippen LogP contribution in [-0.4, -0.2) is 32.5 Å². The lowest BCUT2D eigenvalue weighted by atomic mass is 10.2. The Labute approximate surface area is 124 Å². The van der Waals surface area contributed by atoms with Crippen molar-refractivity contribution in [2.24, 2.45) is 0 Å². The molecule has 1 aliphatic carbocycles. The van der Waals surface area contributed by atoms with Gasteiger partial charge in [-0.1, -0.05) is 18.2 Å². The lowest BCUT2D eigenvalue weighted by Gasteiger charge is -2.10. The Bertz CT molecular complexity index is 540. The maximum atomic E-state index is 4.52. The lowest BCUT2D eigenvalue weighted by Crippen LogP contribution is -2.26. The van der Waals surface area contributed by atoms with E-state index in [-0.39, 0.29) is 0 Å².